The maximum Gasteiger partial charge on any atom is 0.303 e. The molecule has 5 heteroatoms. The Morgan fingerprint density at radius 3 is 1.66 bits per heavy atom. The van der Waals surface area contributed by atoms with Gasteiger partial charge >= 0.3 is 11.9 Å². The van der Waals surface area contributed by atoms with Crippen LogP contribution in [0, 0.1) is 0 Å². The number of rotatable bonds is 8. The van der Waals surface area contributed by atoms with Crippen molar-refractivity contribution >= 4 is 24.1 Å². The molecule has 0 spiro atoms. The summed E-state index contributed by atoms with van der Waals surface area (Å²) in [6.07, 6.45) is 8.17. The molecule has 0 fully saturated rings. The Morgan fingerprint density at radius 1 is 0.759 bits per heavy atom. The highest BCUT2D eigenvalue weighted by Crippen LogP contribution is 2.13. The molecule has 0 unspecified atom stereocenters. The van der Waals surface area contributed by atoms with Gasteiger partial charge in [-0.25, -0.2) is 0 Å². The molecule has 3 N–H and O–H groups in total. The number of hydrogen-bond acceptors (Lipinski definition) is 3. The van der Waals surface area contributed by atoms with Crippen LogP contribution in [-0.4, -0.2) is 27.3 Å². The molecule has 0 aromatic heterocycles. The molecule has 2 aromatic rings. The second-order valence-corrected chi connectivity index (χ2v) is 6.33. The number of hydrogen-bond donors (Lipinski definition) is 3. The van der Waals surface area contributed by atoms with Crippen LogP contribution >= 0.6 is 0 Å². The Hall–Kier alpha value is -3.08. The van der Waals surface area contributed by atoms with E-state index in [0.29, 0.717) is 18.6 Å². The van der Waals surface area contributed by atoms with Crippen LogP contribution in [0.2, 0.25) is 0 Å². The minimum absolute atomic E-state index is 0.296. The zero-order valence-electron chi connectivity index (χ0n) is 17.3. The summed E-state index contributed by atoms with van der Waals surface area (Å²) in [4.78, 5) is 19.5. The van der Waals surface area contributed by atoms with Gasteiger partial charge in [-0.2, -0.15) is 0 Å². The third kappa shape index (κ3) is 16.8. The van der Waals surface area contributed by atoms with Crippen LogP contribution in [0.4, 0.5) is 0 Å². The highest BCUT2D eigenvalue weighted by molar-refractivity contribution is 5.70. The van der Waals surface area contributed by atoms with E-state index in [1.807, 2.05) is 68.5 Å². The molecular formula is C24H32O5. The van der Waals surface area contributed by atoms with Gasteiger partial charge in [0.15, 0.2) is 0 Å². The number of aromatic hydroxyl groups is 1. The quantitative estimate of drug-likeness (QED) is 0.466. The Balaban J connectivity index is 0.000000473. The Morgan fingerprint density at radius 2 is 1.24 bits per heavy atom. The average molecular weight is 401 g/mol. The van der Waals surface area contributed by atoms with Gasteiger partial charge in [-0.05, 0) is 36.1 Å². The summed E-state index contributed by atoms with van der Waals surface area (Å²) in [5.74, 6) is -1.09. The first-order valence-corrected chi connectivity index (χ1v) is 9.84. The van der Waals surface area contributed by atoms with Crippen molar-refractivity contribution in [2.75, 3.05) is 0 Å². The van der Waals surface area contributed by atoms with E-state index in [1.54, 1.807) is 12.1 Å². The van der Waals surface area contributed by atoms with Crippen molar-refractivity contribution in [3.63, 3.8) is 0 Å². The third-order valence-corrected chi connectivity index (χ3v) is 3.63. The van der Waals surface area contributed by atoms with Gasteiger partial charge in [0.05, 0.1) is 0 Å². The van der Waals surface area contributed by atoms with E-state index in [1.165, 1.54) is 0 Å². The molecule has 2 aromatic carbocycles. The van der Waals surface area contributed by atoms with Gasteiger partial charge in [0.2, 0.25) is 0 Å². The van der Waals surface area contributed by atoms with Crippen LogP contribution in [0.3, 0.4) is 0 Å². The predicted octanol–water partition coefficient (Wildman–Crippen LogP) is 6.09. The fourth-order valence-corrected chi connectivity index (χ4v) is 2.04. The monoisotopic (exact) mass is 400 g/mol. The lowest BCUT2D eigenvalue weighted by Gasteiger charge is -1.95. The van der Waals surface area contributed by atoms with E-state index >= 15 is 0 Å². The molecule has 0 radical (unpaired) electrons. The van der Waals surface area contributed by atoms with Crippen LogP contribution in [0.1, 0.15) is 63.5 Å². The molecule has 0 aliphatic heterocycles. The first kappa shape index (κ1) is 25.9. The smallest absolute Gasteiger partial charge is 0.303 e. The standard InChI is InChI=1S/C14H12O.2C5H10O2/c15-14-8-4-7-13(11-14)10-9-12-5-2-1-3-6-12;2*1-2-3-4-5(6)7/h1-11,15H;2*2-4H2,1H3,(H,6,7). The molecule has 2 rings (SSSR count). The number of phenols is 1. The number of carboxylic acid groups (broad SMARTS) is 2. The molecule has 0 amide bonds. The lowest BCUT2D eigenvalue weighted by molar-refractivity contribution is -0.138. The summed E-state index contributed by atoms with van der Waals surface area (Å²) in [7, 11) is 0. The molecular weight excluding hydrogens is 368 g/mol. The topological polar surface area (TPSA) is 94.8 Å². The zero-order chi connectivity index (χ0) is 21.9. The Labute approximate surface area is 173 Å². The third-order valence-electron chi connectivity index (χ3n) is 3.63. The molecule has 0 aliphatic rings. The highest BCUT2D eigenvalue weighted by Gasteiger charge is 1.91. The Bertz CT molecular complexity index is 705. The van der Waals surface area contributed by atoms with Gasteiger partial charge in [0, 0.05) is 12.8 Å². The molecule has 0 saturated heterocycles. The van der Waals surface area contributed by atoms with Crippen molar-refractivity contribution in [1.29, 1.82) is 0 Å². The molecule has 5 nitrogen and oxygen atoms in total. The number of unbranched alkanes of at least 4 members (excludes halogenated alkanes) is 2. The van der Waals surface area contributed by atoms with Crippen molar-refractivity contribution < 1.29 is 24.9 Å². The van der Waals surface area contributed by atoms with E-state index in [0.717, 1.165) is 36.8 Å². The summed E-state index contributed by atoms with van der Waals surface area (Å²) in [5, 5.41) is 25.4. The van der Waals surface area contributed by atoms with Crippen LogP contribution in [-0.2, 0) is 9.59 Å². The molecule has 0 saturated carbocycles. The maximum atomic E-state index is 9.76. The minimum Gasteiger partial charge on any atom is -0.508 e. The fraction of sp³-hybridized carbons (Fsp3) is 0.333. The summed E-state index contributed by atoms with van der Waals surface area (Å²) in [6, 6.07) is 17.3. The number of phenolic OH excluding ortho intramolecular Hbond substituents is 1. The van der Waals surface area contributed by atoms with E-state index in [4.69, 9.17) is 10.2 Å². The zero-order valence-corrected chi connectivity index (χ0v) is 17.3. The highest BCUT2D eigenvalue weighted by atomic mass is 16.4. The second kappa shape index (κ2) is 17.0. The normalized spacial score (nSPS) is 9.72. The van der Waals surface area contributed by atoms with Crippen molar-refractivity contribution in [1.82, 2.24) is 0 Å². The van der Waals surface area contributed by atoms with Crippen molar-refractivity contribution in [2.45, 2.75) is 52.4 Å². The maximum absolute atomic E-state index is 9.76. The lowest BCUT2D eigenvalue weighted by atomic mass is 10.1. The van der Waals surface area contributed by atoms with Crippen molar-refractivity contribution in [3.05, 3.63) is 65.7 Å². The number of carboxylic acids is 2. The number of carbonyl (C=O) groups is 2. The molecule has 0 atom stereocenters. The second-order valence-electron chi connectivity index (χ2n) is 6.33. The fourth-order valence-electron chi connectivity index (χ4n) is 2.04. The van der Waals surface area contributed by atoms with Crippen molar-refractivity contribution in [3.8, 4) is 5.75 Å². The first-order chi connectivity index (χ1) is 13.9. The average Bonchev–Trinajstić information content (AvgIpc) is 2.71. The van der Waals surface area contributed by atoms with Crippen molar-refractivity contribution in [2.24, 2.45) is 0 Å². The van der Waals surface area contributed by atoms with E-state index < -0.39 is 11.9 Å². The minimum atomic E-state index is -0.693. The molecule has 158 valence electrons. The Kier molecular flexibility index (Phi) is 15.2. The molecule has 0 bridgehead atoms. The SMILES string of the molecule is CCCCC(=O)O.CCCCC(=O)O.Oc1cccc(C=Cc2ccccc2)c1. The van der Waals surface area contributed by atoms with Gasteiger partial charge < -0.3 is 15.3 Å². The summed E-state index contributed by atoms with van der Waals surface area (Å²) in [5.41, 5.74) is 2.15. The number of benzene rings is 2. The van der Waals surface area contributed by atoms with Crippen LogP contribution in [0.5, 0.6) is 5.75 Å². The van der Waals surface area contributed by atoms with Crippen LogP contribution < -0.4 is 0 Å². The summed E-state index contributed by atoms with van der Waals surface area (Å²) < 4.78 is 0. The van der Waals surface area contributed by atoms with E-state index in [2.05, 4.69) is 0 Å². The molecule has 29 heavy (non-hydrogen) atoms. The van der Waals surface area contributed by atoms with Gasteiger partial charge in [-0.15, -0.1) is 0 Å². The van der Waals surface area contributed by atoms with Gasteiger partial charge in [0.1, 0.15) is 5.75 Å². The summed E-state index contributed by atoms with van der Waals surface area (Å²) >= 11 is 0. The lowest BCUT2D eigenvalue weighted by Crippen LogP contribution is -1.91. The first-order valence-electron chi connectivity index (χ1n) is 9.84. The van der Waals surface area contributed by atoms with E-state index in [-0.39, 0.29) is 0 Å². The van der Waals surface area contributed by atoms with Gasteiger partial charge in [-0.3, -0.25) is 9.59 Å². The molecule has 0 aliphatic carbocycles. The van der Waals surface area contributed by atoms with E-state index in [9.17, 15) is 14.7 Å². The van der Waals surface area contributed by atoms with Crippen LogP contribution in [0.25, 0.3) is 12.2 Å². The predicted molar refractivity (Wildman–Crippen MR) is 118 cm³/mol. The summed E-state index contributed by atoms with van der Waals surface area (Å²) in [6.45, 7) is 3.95. The number of aliphatic carboxylic acids is 2. The van der Waals surface area contributed by atoms with Crippen LogP contribution in [0.15, 0.2) is 54.6 Å². The molecule has 0 heterocycles. The van der Waals surface area contributed by atoms with Gasteiger partial charge in [0.25, 0.3) is 0 Å². The largest absolute Gasteiger partial charge is 0.508 e. The van der Waals surface area contributed by atoms with Gasteiger partial charge in [-0.1, -0.05) is 81.3 Å².